The Hall–Kier alpha value is -1.27. The van der Waals surface area contributed by atoms with Gasteiger partial charge in [0, 0.05) is 6.26 Å². The highest BCUT2D eigenvalue weighted by Gasteiger charge is 2.28. The highest BCUT2D eigenvalue weighted by atomic mass is 35.5. The summed E-state index contributed by atoms with van der Waals surface area (Å²) in [7, 11) is -0.702. The predicted molar refractivity (Wildman–Crippen MR) is 73.2 cm³/mol. The van der Waals surface area contributed by atoms with Crippen molar-refractivity contribution in [3.8, 4) is 11.5 Å². The maximum absolute atomic E-state index is 12.2. The molecule has 0 spiro atoms. The van der Waals surface area contributed by atoms with Crippen molar-refractivity contribution < 1.29 is 22.7 Å². The third-order valence-electron chi connectivity index (χ3n) is 2.76. The maximum Gasteiger partial charge on any atom is 0.184 e. The second-order valence-electron chi connectivity index (χ2n) is 4.00. The van der Waals surface area contributed by atoms with Crippen molar-refractivity contribution in [2.75, 3.05) is 20.5 Å². The molecule has 0 saturated heterocycles. The number of rotatable bonds is 5. The van der Waals surface area contributed by atoms with E-state index in [2.05, 4.69) is 0 Å². The van der Waals surface area contributed by atoms with Crippen LogP contribution >= 0.6 is 11.6 Å². The molecule has 0 amide bonds. The molecule has 106 valence electrons. The molecular weight excluding hydrogens is 292 g/mol. The molecule has 0 radical (unpaired) electrons. The van der Waals surface area contributed by atoms with E-state index in [1.807, 2.05) is 0 Å². The van der Waals surface area contributed by atoms with Gasteiger partial charge in [-0.2, -0.15) is 0 Å². The number of hydrogen-bond donors (Lipinski definition) is 0. The summed E-state index contributed by atoms with van der Waals surface area (Å²) >= 11 is 6.03. The molecule has 0 saturated carbocycles. The van der Waals surface area contributed by atoms with Crippen molar-refractivity contribution in [2.45, 2.75) is 12.2 Å². The zero-order valence-electron chi connectivity index (χ0n) is 11.1. The molecule has 1 aromatic carbocycles. The van der Waals surface area contributed by atoms with Gasteiger partial charge >= 0.3 is 0 Å². The molecule has 19 heavy (non-hydrogen) atoms. The van der Waals surface area contributed by atoms with Crippen LogP contribution in [0, 0.1) is 0 Å². The standard InChI is InChI=1S/C12H15ClO5S/c1-7(19(4,15)16)11(14)8-5-6-9(17-2)10(13)12(8)18-3/h5-7H,1-4H3. The normalized spacial score (nSPS) is 12.9. The Kier molecular flexibility index (Phi) is 4.81. The van der Waals surface area contributed by atoms with Crippen molar-refractivity contribution >= 4 is 27.2 Å². The van der Waals surface area contributed by atoms with Gasteiger partial charge in [-0.3, -0.25) is 4.79 Å². The second kappa shape index (κ2) is 5.79. The summed E-state index contributed by atoms with van der Waals surface area (Å²) in [5.41, 5.74) is 0.117. The third kappa shape index (κ3) is 3.19. The van der Waals surface area contributed by atoms with Gasteiger partial charge in [0.1, 0.15) is 16.0 Å². The van der Waals surface area contributed by atoms with E-state index in [9.17, 15) is 13.2 Å². The molecule has 0 aliphatic carbocycles. The lowest BCUT2D eigenvalue weighted by molar-refractivity contribution is 0.0988. The van der Waals surface area contributed by atoms with Gasteiger partial charge in [0.05, 0.1) is 19.8 Å². The van der Waals surface area contributed by atoms with Gasteiger partial charge in [-0.05, 0) is 19.1 Å². The first-order valence-electron chi connectivity index (χ1n) is 5.37. The summed E-state index contributed by atoms with van der Waals surface area (Å²) < 4.78 is 33.0. The van der Waals surface area contributed by atoms with E-state index in [0.29, 0.717) is 5.75 Å². The summed E-state index contributed by atoms with van der Waals surface area (Å²) in [6.07, 6.45) is 1.01. The summed E-state index contributed by atoms with van der Waals surface area (Å²) in [5, 5.41) is -1.03. The summed E-state index contributed by atoms with van der Waals surface area (Å²) in [6.45, 7) is 1.33. The van der Waals surface area contributed by atoms with Crippen LogP contribution in [-0.4, -0.2) is 39.9 Å². The zero-order valence-corrected chi connectivity index (χ0v) is 12.6. The van der Waals surface area contributed by atoms with Crippen LogP contribution in [0.15, 0.2) is 12.1 Å². The van der Waals surface area contributed by atoms with Crippen molar-refractivity contribution in [3.63, 3.8) is 0 Å². The van der Waals surface area contributed by atoms with E-state index in [0.717, 1.165) is 6.26 Å². The van der Waals surface area contributed by atoms with Crippen molar-refractivity contribution in [2.24, 2.45) is 0 Å². The smallest absolute Gasteiger partial charge is 0.184 e. The Morgan fingerprint density at radius 1 is 1.26 bits per heavy atom. The molecule has 0 N–H and O–H groups in total. The molecule has 1 aromatic rings. The molecular formula is C12H15ClO5S. The predicted octanol–water partition coefficient (Wildman–Crippen LogP) is 1.97. The van der Waals surface area contributed by atoms with Crippen LogP contribution in [0.25, 0.3) is 0 Å². The molecule has 7 heteroatoms. The van der Waals surface area contributed by atoms with Crippen LogP contribution in [0.5, 0.6) is 11.5 Å². The van der Waals surface area contributed by atoms with Crippen molar-refractivity contribution in [1.29, 1.82) is 0 Å². The molecule has 1 rings (SSSR count). The molecule has 1 unspecified atom stereocenters. The molecule has 0 fully saturated rings. The second-order valence-corrected chi connectivity index (χ2v) is 6.74. The lowest BCUT2D eigenvalue weighted by atomic mass is 10.1. The number of hydrogen-bond acceptors (Lipinski definition) is 5. The fourth-order valence-corrected chi connectivity index (χ4v) is 2.34. The van der Waals surface area contributed by atoms with Gasteiger partial charge in [-0.25, -0.2) is 8.42 Å². The molecule has 5 nitrogen and oxygen atoms in total. The number of methoxy groups -OCH3 is 2. The Morgan fingerprint density at radius 3 is 2.26 bits per heavy atom. The van der Waals surface area contributed by atoms with Gasteiger partial charge in [0.2, 0.25) is 0 Å². The van der Waals surface area contributed by atoms with E-state index < -0.39 is 20.9 Å². The molecule has 0 heterocycles. The number of ketones is 1. The topological polar surface area (TPSA) is 69.7 Å². The lowest BCUT2D eigenvalue weighted by Gasteiger charge is -2.14. The average Bonchev–Trinajstić information content (AvgIpc) is 2.35. The Labute approximate surface area is 117 Å². The molecule has 0 aromatic heterocycles. The van der Waals surface area contributed by atoms with Crippen LogP contribution in [0.1, 0.15) is 17.3 Å². The molecule has 0 bridgehead atoms. The van der Waals surface area contributed by atoms with Gasteiger partial charge in [0.25, 0.3) is 0 Å². The molecule has 1 atom stereocenters. The highest BCUT2D eigenvalue weighted by molar-refractivity contribution is 7.92. The number of Topliss-reactive ketones (excluding diaryl/α,β-unsaturated/α-hetero) is 1. The number of halogens is 1. The van der Waals surface area contributed by atoms with Crippen LogP contribution in [-0.2, 0) is 9.84 Å². The first-order valence-corrected chi connectivity index (χ1v) is 7.70. The summed E-state index contributed by atoms with van der Waals surface area (Å²) in [5.74, 6) is -0.104. The number of carbonyl (C=O) groups is 1. The average molecular weight is 307 g/mol. The SMILES string of the molecule is COc1ccc(C(=O)C(C)S(C)(=O)=O)c(OC)c1Cl. The number of benzene rings is 1. The van der Waals surface area contributed by atoms with Crippen LogP contribution in [0.2, 0.25) is 5.02 Å². The minimum absolute atomic E-state index is 0.113. The first kappa shape index (κ1) is 15.8. The van der Waals surface area contributed by atoms with E-state index in [1.165, 1.54) is 33.3 Å². The molecule has 0 aliphatic rings. The van der Waals surface area contributed by atoms with Crippen LogP contribution < -0.4 is 9.47 Å². The van der Waals surface area contributed by atoms with Crippen molar-refractivity contribution in [1.82, 2.24) is 0 Å². The van der Waals surface area contributed by atoms with E-state index in [-0.39, 0.29) is 16.3 Å². The van der Waals surface area contributed by atoms with Crippen molar-refractivity contribution in [3.05, 3.63) is 22.7 Å². The first-order chi connectivity index (χ1) is 8.73. The fraction of sp³-hybridized carbons (Fsp3) is 0.417. The van der Waals surface area contributed by atoms with Crippen LogP contribution in [0.4, 0.5) is 0 Å². The maximum atomic E-state index is 12.2. The monoisotopic (exact) mass is 306 g/mol. The summed E-state index contributed by atoms with van der Waals surface area (Å²) in [6, 6.07) is 2.93. The van der Waals surface area contributed by atoms with E-state index >= 15 is 0 Å². The fourth-order valence-electron chi connectivity index (χ4n) is 1.50. The Bertz CT molecular complexity index is 594. The number of sulfone groups is 1. The lowest BCUT2D eigenvalue weighted by Crippen LogP contribution is -2.26. The van der Waals surface area contributed by atoms with E-state index in [1.54, 1.807) is 0 Å². The van der Waals surface area contributed by atoms with E-state index in [4.69, 9.17) is 21.1 Å². The Balaban J connectivity index is 3.36. The van der Waals surface area contributed by atoms with Gasteiger partial charge in [-0.15, -0.1) is 0 Å². The van der Waals surface area contributed by atoms with Crippen LogP contribution in [0.3, 0.4) is 0 Å². The quantitative estimate of drug-likeness (QED) is 0.778. The van der Waals surface area contributed by atoms with Gasteiger partial charge in [-0.1, -0.05) is 11.6 Å². The minimum atomic E-state index is -3.48. The highest BCUT2D eigenvalue weighted by Crippen LogP contribution is 2.37. The number of carbonyl (C=O) groups excluding carboxylic acids is 1. The zero-order chi connectivity index (χ0) is 14.8. The third-order valence-corrected chi connectivity index (χ3v) is 4.62. The largest absolute Gasteiger partial charge is 0.495 e. The minimum Gasteiger partial charge on any atom is -0.495 e. The number of ether oxygens (including phenoxy) is 2. The summed E-state index contributed by atoms with van der Waals surface area (Å²) in [4.78, 5) is 12.2. The van der Waals surface area contributed by atoms with Gasteiger partial charge in [0.15, 0.2) is 21.4 Å². The van der Waals surface area contributed by atoms with Gasteiger partial charge < -0.3 is 9.47 Å². The molecule has 0 aliphatic heterocycles. The Morgan fingerprint density at radius 2 is 1.84 bits per heavy atom.